The Hall–Kier alpha value is -2.68. The highest BCUT2D eigenvalue weighted by molar-refractivity contribution is 8.18. The van der Waals surface area contributed by atoms with Crippen molar-refractivity contribution in [2.45, 2.75) is 6.54 Å². The molecule has 0 aliphatic carbocycles. The summed E-state index contributed by atoms with van der Waals surface area (Å²) in [6, 6.07) is 7.25. The number of benzene rings is 1. The SMILES string of the molecule is COc1ccc(/C=C2/SC(=O)N(CCn3cnnn3)C2=O)cc1. The van der Waals surface area contributed by atoms with Crippen molar-refractivity contribution in [3.05, 3.63) is 41.1 Å². The minimum Gasteiger partial charge on any atom is -0.497 e. The first-order valence-corrected chi connectivity index (χ1v) is 7.59. The van der Waals surface area contributed by atoms with Crippen LogP contribution in [0, 0.1) is 0 Å². The largest absolute Gasteiger partial charge is 0.497 e. The van der Waals surface area contributed by atoms with Gasteiger partial charge in [0.15, 0.2) is 0 Å². The Labute approximate surface area is 136 Å². The molecule has 1 aliphatic heterocycles. The molecule has 23 heavy (non-hydrogen) atoms. The van der Waals surface area contributed by atoms with E-state index in [9.17, 15) is 9.59 Å². The molecule has 1 saturated heterocycles. The van der Waals surface area contributed by atoms with Gasteiger partial charge in [-0.1, -0.05) is 12.1 Å². The summed E-state index contributed by atoms with van der Waals surface area (Å²) in [4.78, 5) is 25.9. The molecule has 2 amide bonds. The highest BCUT2D eigenvalue weighted by atomic mass is 32.2. The lowest BCUT2D eigenvalue weighted by molar-refractivity contribution is -0.122. The fourth-order valence-corrected chi connectivity index (χ4v) is 2.89. The second-order valence-electron chi connectivity index (χ2n) is 4.68. The van der Waals surface area contributed by atoms with Crippen LogP contribution in [0.3, 0.4) is 0 Å². The highest BCUT2D eigenvalue weighted by Gasteiger charge is 2.34. The number of amides is 2. The summed E-state index contributed by atoms with van der Waals surface area (Å²) in [5, 5.41) is 10.4. The number of imide groups is 1. The standard InChI is InChI=1S/C14H13N5O3S/c1-22-11-4-2-10(3-5-11)8-12-13(20)19(14(21)23-12)7-6-18-9-15-16-17-18/h2-5,8-9H,6-7H2,1H3/b12-8+. The Kier molecular flexibility index (Phi) is 4.38. The number of tetrazole rings is 1. The van der Waals surface area contributed by atoms with Gasteiger partial charge in [0.2, 0.25) is 0 Å². The second kappa shape index (κ2) is 6.61. The lowest BCUT2D eigenvalue weighted by atomic mass is 10.2. The van der Waals surface area contributed by atoms with Crippen molar-refractivity contribution < 1.29 is 14.3 Å². The lowest BCUT2D eigenvalue weighted by Crippen LogP contribution is -2.31. The molecule has 9 heteroatoms. The summed E-state index contributed by atoms with van der Waals surface area (Å²) < 4.78 is 6.56. The molecule has 0 radical (unpaired) electrons. The Bertz CT molecular complexity index is 742. The highest BCUT2D eigenvalue weighted by Crippen LogP contribution is 2.32. The molecular formula is C14H13N5O3S. The molecule has 2 heterocycles. The van der Waals surface area contributed by atoms with Crippen LogP contribution in [0.4, 0.5) is 4.79 Å². The first kappa shape index (κ1) is 15.2. The van der Waals surface area contributed by atoms with E-state index in [1.165, 1.54) is 15.9 Å². The predicted molar refractivity (Wildman–Crippen MR) is 83.5 cm³/mol. The minimum absolute atomic E-state index is 0.232. The molecule has 1 aliphatic rings. The van der Waals surface area contributed by atoms with Crippen molar-refractivity contribution in [2.24, 2.45) is 0 Å². The van der Waals surface area contributed by atoms with Crippen molar-refractivity contribution in [3.63, 3.8) is 0 Å². The van der Waals surface area contributed by atoms with Crippen LogP contribution in [-0.2, 0) is 11.3 Å². The number of carbonyl (C=O) groups excluding carboxylic acids is 2. The average Bonchev–Trinajstić information content (AvgIpc) is 3.16. The van der Waals surface area contributed by atoms with Crippen LogP contribution in [0.15, 0.2) is 35.5 Å². The van der Waals surface area contributed by atoms with E-state index in [0.717, 1.165) is 23.1 Å². The van der Waals surface area contributed by atoms with E-state index >= 15 is 0 Å². The normalized spacial score (nSPS) is 16.4. The molecule has 0 N–H and O–H groups in total. The molecule has 2 aromatic rings. The zero-order valence-electron chi connectivity index (χ0n) is 12.2. The fourth-order valence-electron chi connectivity index (χ4n) is 2.03. The lowest BCUT2D eigenvalue weighted by Gasteiger charge is -2.11. The third-order valence-electron chi connectivity index (χ3n) is 3.23. The van der Waals surface area contributed by atoms with Crippen molar-refractivity contribution in [2.75, 3.05) is 13.7 Å². The van der Waals surface area contributed by atoms with Gasteiger partial charge in [-0.25, -0.2) is 4.68 Å². The zero-order valence-corrected chi connectivity index (χ0v) is 13.1. The van der Waals surface area contributed by atoms with E-state index in [2.05, 4.69) is 15.5 Å². The van der Waals surface area contributed by atoms with Gasteiger partial charge in [0.05, 0.1) is 18.6 Å². The topological polar surface area (TPSA) is 90.2 Å². The molecule has 0 atom stereocenters. The average molecular weight is 331 g/mol. The summed E-state index contributed by atoms with van der Waals surface area (Å²) in [6.45, 7) is 0.594. The van der Waals surface area contributed by atoms with Crippen molar-refractivity contribution in [1.82, 2.24) is 25.1 Å². The maximum Gasteiger partial charge on any atom is 0.293 e. The molecule has 1 fully saturated rings. The van der Waals surface area contributed by atoms with Crippen LogP contribution in [-0.4, -0.2) is 49.9 Å². The molecule has 3 rings (SSSR count). The third-order valence-corrected chi connectivity index (χ3v) is 4.14. The molecule has 8 nitrogen and oxygen atoms in total. The number of ether oxygens (including phenoxy) is 1. The van der Waals surface area contributed by atoms with Gasteiger partial charge in [-0.05, 0) is 46.0 Å². The molecule has 0 bridgehead atoms. The van der Waals surface area contributed by atoms with E-state index in [4.69, 9.17) is 4.74 Å². The van der Waals surface area contributed by atoms with Gasteiger partial charge in [-0.15, -0.1) is 5.10 Å². The molecule has 0 unspecified atom stereocenters. The number of thioether (sulfide) groups is 1. The van der Waals surface area contributed by atoms with Crippen LogP contribution in [0.5, 0.6) is 5.75 Å². The van der Waals surface area contributed by atoms with Gasteiger partial charge >= 0.3 is 0 Å². The van der Waals surface area contributed by atoms with Crippen molar-refractivity contribution in [1.29, 1.82) is 0 Å². The monoisotopic (exact) mass is 331 g/mol. The summed E-state index contributed by atoms with van der Waals surface area (Å²) in [7, 11) is 1.59. The van der Waals surface area contributed by atoms with Crippen LogP contribution >= 0.6 is 11.8 Å². The fraction of sp³-hybridized carbons (Fsp3) is 0.214. The summed E-state index contributed by atoms with van der Waals surface area (Å²) >= 11 is 0.930. The maximum absolute atomic E-state index is 12.3. The van der Waals surface area contributed by atoms with Crippen LogP contribution in [0.2, 0.25) is 0 Å². The van der Waals surface area contributed by atoms with Gasteiger partial charge in [-0.2, -0.15) is 0 Å². The number of aromatic nitrogens is 4. The first-order valence-electron chi connectivity index (χ1n) is 6.77. The summed E-state index contributed by atoms with van der Waals surface area (Å²) in [5.74, 6) is 0.431. The molecular weight excluding hydrogens is 318 g/mol. The quantitative estimate of drug-likeness (QED) is 0.765. The molecule has 0 saturated carbocycles. The molecule has 0 spiro atoms. The van der Waals surface area contributed by atoms with Crippen molar-refractivity contribution >= 4 is 29.0 Å². The Morgan fingerprint density at radius 2 is 2.00 bits per heavy atom. The van der Waals surface area contributed by atoms with Gasteiger partial charge in [-0.3, -0.25) is 14.5 Å². The van der Waals surface area contributed by atoms with Crippen molar-refractivity contribution in [3.8, 4) is 5.75 Å². The summed E-state index contributed by atoms with van der Waals surface area (Å²) in [5.41, 5.74) is 0.830. The van der Waals surface area contributed by atoms with Crippen LogP contribution in [0.25, 0.3) is 6.08 Å². The Balaban J connectivity index is 1.70. The maximum atomic E-state index is 12.3. The van der Waals surface area contributed by atoms with Gasteiger partial charge < -0.3 is 4.74 Å². The van der Waals surface area contributed by atoms with E-state index in [0.29, 0.717) is 11.4 Å². The van der Waals surface area contributed by atoms with E-state index in [-0.39, 0.29) is 17.7 Å². The number of methoxy groups -OCH3 is 1. The van der Waals surface area contributed by atoms with Crippen LogP contribution in [0.1, 0.15) is 5.56 Å². The van der Waals surface area contributed by atoms with Gasteiger partial charge in [0, 0.05) is 6.54 Å². The predicted octanol–water partition coefficient (Wildman–Crippen LogP) is 1.42. The number of nitrogens with zero attached hydrogens (tertiary/aromatic N) is 5. The molecule has 1 aromatic heterocycles. The number of hydrogen-bond donors (Lipinski definition) is 0. The van der Waals surface area contributed by atoms with E-state index < -0.39 is 0 Å². The minimum atomic E-state index is -0.302. The van der Waals surface area contributed by atoms with Gasteiger partial charge in [0.25, 0.3) is 11.1 Å². The van der Waals surface area contributed by atoms with Gasteiger partial charge in [0.1, 0.15) is 12.1 Å². The van der Waals surface area contributed by atoms with E-state index in [1.54, 1.807) is 25.3 Å². The zero-order chi connectivity index (χ0) is 16.2. The number of carbonyl (C=O) groups is 2. The molecule has 118 valence electrons. The van der Waals surface area contributed by atoms with Crippen LogP contribution < -0.4 is 4.74 Å². The summed E-state index contributed by atoms with van der Waals surface area (Å²) in [6.07, 6.45) is 3.13. The number of hydrogen-bond acceptors (Lipinski definition) is 7. The smallest absolute Gasteiger partial charge is 0.293 e. The molecule has 1 aromatic carbocycles. The Morgan fingerprint density at radius 1 is 1.22 bits per heavy atom. The number of rotatable bonds is 5. The first-order chi connectivity index (χ1) is 11.2. The third kappa shape index (κ3) is 3.39. The van der Waals surface area contributed by atoms with E-state index in [1.807, 2.05) is 12.1 Å². The second-order valence-corrected chi connectivity index (χ2v) is 5.67. The Morgan fingerprint density at radius 3 is 2.65 bits per heavy atom.